The fraction of sp³-hybridized carbons (Fsp3) is 0.154. The van der Waals surface area contributed by atoms with Gasteiger partial charge in [-0.15, -0.1) is 0 Å². The highest BCUT2D eigenvalue weighted by molar-refractivity contribution is 14.1. The maximum absolute atomic E-state index is 12.1. The quantitative estimate of drug-likeness (QED) is 0.430. The van der Waals surface area contributed by atoms with Crippen LogP contribution < -0.4 is 0 Å². The Kier molecular flexibility index (Phi) is 5.35. The Bertz CT molecular complexity index is 706. The van der Waals surface area contributed by atoms with Crippen LogP contribution in [-0.4, -0.2) is 40.8 Å². The SMILES string of the molecule is COC(=O)CN1C(=O)S/C(=C/c2cc(Cl)cc(I)c2O)C1=O. The molecule has 1 N–H and O–H groups in total. The molecule has 6 nitrogen and oxygen atoms in total. The number of methoxy groups -OCH3 is 1. The van der Waals surface area contributed by atoms with Gasteiger partial charge in [0.25, 0.3) is 11.1 Å². The summed E-state index contributed by atoms with van der Waals surface area (Å²) in [5.41, 5.74) is 0.320. The second kappa shape index (κ2) is 6.88. The molecule has 0 unspecified atom stereocenters. The molecular weight excluding hydrogens is 445 g/mol. The molecule has 0 aliphatic carbocycles. The Balaban J connectivity index is 2.33. The predicted octanol–water partition coefficient (Wildman–Crippen LogP) is 2.86. The van der Waals surface area contributed by atoms with E-state index < -0.39 is 23.7 Å². The molecule has 0 bridgehead atoms. The van der Waals surface area contributed by atoms with E-state index in [9.17, 15) is 19.5 Å². The van der Waals surface area contributed by atoms with Crippen LogP contribution in [0.4, 0.5) is 4.79 Å². The van der Waals surface area contributed by atoms with Crippen molar-refractivity contribution in [1.29, 1.82) is 0 Å². The highest BCUT2D eigenvalue weighted by Gasteiger charge is 2.36. The number of nitrogens with zero attached hydrogens (tertiary/aromatic N) is 1. The molecular formula is C13H9ClINO5S. The van der Waals surface area contributed by atoms with E-state index in [0.717, 1.165) is 4.90 Å². The van der Waals surface area contributed by atoms with E-state index in [1.54, 1.807) is 6.07 Å². The lowest BCUT2D eigenvalue weighted by molar-refractivity contribution is -0.143. The third-order valence-electron chi connectivity index (χ3n) is 2.73. The lowest BCUT2D eigenvalue weighted by Gasteiger charge is -2.09. The van der Waals surface area contributed by atoms with Crippen molar-refractivity contribution in [3.63, 3.8) is 0 Å². The highest BCUT2D eigenvalue weighted by Crippen LogP contribution is 2.36. The zero-order valence-electron chi connectivity index (χ0n) is 11.1. The van der Waals surface area contributed by atoms with Crippen LogP contribution in [0.1, 0.15) is 5.56 Å². The normalized spacial score (nSPS) is 16.5. The van der Waals surface area contributed by atoms with Gasteiger partial charge in [-0.05, 0) is 52.6 Å². The number of ether oxygens (including phenoxy) is 1. The Hall–Kier alpha value is -1.26. The Morgan fingerprint density at radius 2 is 2.18 bits per heavy atom. The van der Waals surface area contributed by atoms with Crippen LogP contribution in [0.25, 0.3) is 6.08 Å². The summed E-state index contributed by atoms with van der Waals surface area (Å²) >= 11 is 8.50. The van der Waals surface area contributed by atoms with E-state index in [1.165, 1.54) is 19.3 Å². The van der Waals surface area contributed by atoms with Crippen molar-refractivity contribution in [3.05, 3.63) is 31.2 Å². The predicted molar refractivity (Wildman–Crippen MR) is 90.5 cm³/mol. The molecule has 116 valence electrons. The van der Waals surface area contributed by atoms with Gasteiger partial charge in [-0.2, -0.15) is 0 Å². The number of halogens is 2. The van der Waals surface area contributed by atoms with Gasteiger partial charge in [-0.3, -0.25) is 19.3 Å². The number of hydrogen-bond donors (Lipinski definition) is 1. The van der Waals surface area contributed by atoms with Gasteiger partial charge in [0, 0.05) is 10.6 Å². The summed E-state index contributed by atoms with van der Waals surface area (Å²) < 4.78 is 4.96. The lowest BCUT2D eigenvalue weighted by Crippen LogP contribution is -2.34. The van der Waals surface area contributed by atoms with Gasteiger partial charge in [0.15, 0.2) is 0 Å². The third-order valence-corrected chi connectivity index (χ3v) is 4.68. The van der Waals surface area contributed by atoms with Gasteiger partial charge in [0.05, 0.1) is 15.6 Å². The summed E-state index contributed by atoms with van der Waals surface area (Å²) in [4.78, 5) is 36.0. The van der Waals surface area contributed by atoms with Crippen LogP contribution >= 0.6 is 46.0 Å². The second-order valence-corrected chi connectivity index (χ2v) is 6.76. The van der Waals surface area contributed by atoms with E-state index in [-0.39, 0.29) is 10.7 Å². The van der Waals surface area contributed by atoms with Crippen molar-refractivity contribution < 1.29 is 24.2 Å². The smallest absolute Gasteiger partial charge is 0.325 e. The molecule has 0 saturated carbocycles. The summed E-state index contributed by atoms with van der Waals surface area (Å²) in [7, 11) is 1.17. The molecule has 0 atom stereocenters. The van der Waals surface area contributed by atoms with Gasteiger partial charge in [0.1, 0.15) is 12.3 Å². The largest absolute Gasteiger partial charge is 0.506 e. The van der Waals surface area contributed by atoms with Crippen LogP contribution in [0.3, 0.4) is 0 Å². The number of esters is 1. The average Bonchev–Trinajstić information content (AvgIpc) is 2.71. The first kappa shape index (κ1) is 17.1. The van der Waals surface area contributed by atoms with Gasteiger partial charge in [0.2, 0.25) is 0 Å². The molecule has 1 saturated heterocycles. The van der Waals surface area contributed by atoms with Crippen molar-refractivity contribution >= 4 is 69.1 Å². The summed E-state index contributed by atoms with van der Waals surface area (Å²) in [6, 6.07) is 3.05. The molecule has 1 aliphatic heterocycles. The van der Waals surface area contributed by atoms with Crippen molar-refractivity contribution in [2.75, 3.05) is 13.7 Å². The second-order valence-electron chi connectivity index (χ2n) is 4.17. The van der Waals surface area contributed by atoms with Gasteiger partial charge in [-0.25, -0.2) is 0 Å². The first-order chi connectivity index (χ1) is 10.3. The molecule has 1 aliphatic rings. The lowest BCUT2D eigenvalue weighted by atomic mass is 10.2. The van der Waals surface area contributed by atoms with Crippen molar-refractivity contribution in [1.82, 2.24) is 4.90 Å². The van der Waals surface area contributed by atoms with E-state index >= 15 is 0 Å². The van der Waals surface area contributed by atoms with Crippen LogP contribution in [-0.2, 0) is 14.3 Å². The zero-order valence-corrected chi connectivity index (χ0v) is 14.9. The molecule has 0 radical (unpaired) electrons. The summed E-state index contributed by atoms with van der Waals surface area (Å²) in [5, 5.41) is 9.80. The van der Waals surface area contributed by atoms with Crippen LogP contribution in [0.5, 0.6) is 5.75 Å². The third kappa shape index (κ3) is 3.55. The Morgan fingerprint density at radius 1 is 1.50 bits per heavy atom. The molecule has 2 rings (SSSR count). The molecule has 22 heavy (non-hydrogen) atoms. The topological polar surface area (TPSA) is 83.9 Å². The molecule has 1 aromatic carbocycles. The number of carbonyl (C=O) groups is 3. The molecule has 0 aromatic heterocycles. The minimum atomic E-state index is -0.691. The highest BCUT2D eigenvalue weighted by atomic mass is 127. The molecule has 9 heteroatoms. The summed E-state index contributed by atoms with van der Waals surface area (Å²) in [5.74, 6) is -1.34. The number of thioether (sulfide) groups is 1. The Morgan fingerprint density at radius 3 is 2.82 bits per heavy atom. The average molecular weight is 454 g/mol. The maximum Gasteiger partial charge on any atom is 0.325 e. The zero-order chi connectivity index (χ0) is 16.4. The number of benzene rings is 1. The van der Waals surface area contributed by atoms with Crippen molar-refractivity contribution in [3.8, 4) is 5.75 Å². The first-order valence-corrected chi connectivity index (χ1v) is 8.11. The number of phenols is 1. The monoisotopic (exact) mass is 453 g/mol. The summed E-state index contributed by atoms with van der Waals surface area (Å²) in [6.45, 7) is -0.447. The van der Waals surface area contributed by atoms with Gasteiger partial charge < -0.3 is 9.84 Å². The van der Waals surface area contributed by atoms with Crippen molar-refractivity contribution in [2.45, 2.75) is 0 Å². The minimum absolute atomic E-state index is 0.0373. The Labute approximate surface area is 148 Å². The van der Waals surface area contributed by atoms with Crippen LogP contribution in [0.2, 0.25) is 5.02 Å². The number of imide groups is 1. The fourth-order valence-corrected chi connectivity index (χ4v) is 3.55. The number of hydrogen-bond acceptors (Lipinski definition) is 6. The van der Waals surface area contributed by atoms with Crippen LogP contribution in [0.15, 0.2) is 17.0 Å². The number of carbonyl (C=O) groups excluding carboxylic acids is 3. The van der Waals surface area contributed by atoms with E-state index in [0.29, 0.717) is 25.9 Å². The standard InChI is InChI=1S/C13H9ClINO5S/c1-21-10(17)5-16-12(19)9(22-13(16)20)3-6-2-7(14)4-8(15)11(6)18/h2-4,18H,5H2,1H3/b9-3+. The van der Waals surface area contributed by atoms with E-state index in [2.05, 4.69) is 4.74 Å². The molecule has 2 amide bonds. The molecule has 0 spiro atoms. The number of aromatic hydroxyl groups is 1. The van der Waals surface area contributed by atoms with Crippen LogP contribution in [0, 0.1) is 3.57 Å². The number of amides is 2. The molecule has 1 fully saturated rings. The number of rotatable bonds is 3. The fourth-order valence-electron chi connectivity index (χ4n) is 1.67. The van der Waals surface area contributed by atoms with Gasteiger partial charge in [-0.1, -0.05) is 11.6 Å². The van der Waals surface area contributed by atoms with Crippen molar-refractivity contribution in [2.24, 2.45) is 0 Å². The van der Waals surface area contributed by atoms with E-state index in [1.807, 2.05) is 22.6 Å². The molecule has 1 heterocycles. The summed E-state index contributed by atoms with van der Waals surface area (Å²) in [6.07, 6.45) is 1.37. The minimum Gasteiger partial charge on any atom is -0.506 e. The maximum atomic E-state index is 12.1. The van der Waals surface area contributed by atoms with Gasteiger partial charge >= 0.3 is 5.97 Å². The number of phenolic OH excluding ortho intramolecular Hbond substituents is 1. The first-order valence-electron chi connectivity index (χ1n) is 5.83. The molecule has 1 aromatic rings. The van der Waals surface area contributed by atoms with E-state index in [4.69, 9.17) is 11.6 Å².